The summed E-state index contributed by atoms with van der Waals surface area (Å²) in [7, 11) is -4.07. The second-order valence-electron chi connectivity index (χ2n) is 9.85. The highest BCUT2D eigenvalue weighted by Gasteiger charge is 2.32. The van der Waals surface area contributed by atoms with E-state index in [4.69, 9.17) is 0 Å². The number of hydrogen-bond donors (Lipinski definition) is 1. The van der Waals surface area contributed by atoms with Crippen LogP contribution in [0.1, 0.15) is 50.8 Å². The molecule has 3 rings (SSSR count). The molecule has 1 N–H and O–H groups in total. The number of rotatable bonds is 12. The molecule has 0 saturated carbocycles. The number of amides is 2. The van der Waals surface area contributed by atoms with Gasteiger partial charge in [0, 0.05) is 12.6 Å². The summed E-state index contributed by atoms with van der Waals surface area (Å²) in [6.45, 7) is 9.26. The quantitative estimate of drug-likeness (QED) is 0.341. The van der Waals surface area contributed by atoms with Gasteiger partial charge in [-0.2, -0.15) is 0 Å². The zero-order valence-electron chi connectivity index (χ0n) is 23.4. The van der Waals surface area contributed by atoms with E-state index in [0.717, 1.165) is 33.8 Å². The van der Waals surface area contributed by atoms with Crippen LogP contribution in [-0.2, 0) is 32.6 Å². The van der Waals surface area contributed by atoms with E-state index >= 15 is 0 Å². The number of aryl methyl sites for hydroxylation is 2. The number of sulfonamides is 1. The number of benzene rings is 3. The van der Waals surface area contributed by atoms with E-state index < -0.39 is 28.5 Å². The second kappa shape index (κ2) is 13.4. The third kappa shape index (κ3) is 7.69. The molecule has 0 unspecified atom stereocenters. The van der Waals surface area contributed by atoms with Gasteiger partial charge in [-0.15, -0.1) is 0 Å². The van der Waals surface area contributed by atoms with Crippen LogP contribution < -0.4 is 9.62 Å². The van der Waals surface area contributed by atoms with Crippen LogP contribution in [0.3, 0.4) is 0 Å². The lowest BCUT2D eigenvalue weighted by molar-refractivity contribution is -0.139. The Hall–Kier alpha value is -3.65. The van der Waals surface area contributed by atoms with Crippen LogP contribution in [0.5, 0.6) is 0 Å². The summed E-state index contributed by atoms with van der Waals surface area (Å²) in [5, 5.41) is 2.95. The van der Waals surface area contributed by atoms with Crippen molar-refractivity contribution in [2.45, 2.75) is 71.0 Å². The number of carbonyl (C=O) groups excluding carboxylic acids is 2. The molecule has 2 amide bonds. The molecule has 0 aromatic heterocycles. The fraction of sp³-hybridized carbons (Fsp3) is 0.355. The Balaban J connectivity index is 2.02. The first-order chi connectivity index (χ1) is 18.6. The van der Waals surface area contributed by atoms with Crippen molar-refractivity contribution in [1.29, 1.82) is 0 Å². The van der Waals surface area contributed by atoms with Crippen LogP contribution in [0, 0.1) is 6.92 Å². The Morgan fingerprint density at radius 3 is 2.13 bits per heavy atom. The van der Waals surface area contributed by atoms with Crippen molar-refractivity contribution in [3.05, 3.63) is 95.6 Å². The molecule has 0 saturated heterocycles. The van der Waals surface area contributed by atoms with E-state index in [1.54, 1.807) is 37.3 Å². The standard InChI is InChI=1S/C31H39N3O4S/c1-6-24(4)32-31(36)25(5)33(21-27-13-11-12-23(3)20-27)30(35)22-34(28-18-16-26(7-2)17-19-28)39(37,38)29-14-9-8-10-15-29/h8-20,24-25H,6-7,21-22H2,1-5H3,(H,32,36)/t24-,25+/m1/s1. The lowest BCUT2D eigenvalue weighted by Crippen LogP contribution is -2.52. The molecule has 0 radical (unpaired) electrons. The summed E-state index contributed by atoms with van der Waals surface area (Å²) in [6.07, 6.45) is 1.55. The first kappa shape index (κ1) is 29.9. The maximum absolute atomic E-state index is 14.0. The van der Waals surface area contributed by atoms with Crippen molar-refractivity contribution in [2.24, 2.45) is 0 Å². The summed E-state index contributed by atoms with van der Waals surface area (Å²) in [5.74, 6) is -0.752. The molecular formula is C31H39N3O4S. The Bertz CT molecular complexity index is 1360. The molecule has 2 atom stereocenters. The average molecular weight is 550 g/mol. The van der Waals surface area contributed by atoms with Gasteiger partial charge in [-0.3, -0.25) is 13.9 Å². The van der Waals surface area contributed by atoms with Crippen molar-refractivity contribution >= 4 is 27.5 Å². The minimum absolute atomic E-state index is 0.0529. The topological polar surface area (TPSA) is 86.8 Å². The highest BCUT2D eigenvalue weighted by Crippen LogP contribution is 2.25. The molecule has 208 valence electrons. The highest BCUT2D eigenvalue weighted by molar-refractivity contribution is 7.92. The monoisotopic (exact) mass is 549 g/mol. The normalized spacial score (nSPS) is 12.8. The van der Waals surface area contributed by atoms with Gasteiger partial charge < -0.3 is 10.2 Å². The molecule has 7 nitrogen and oxygen atoms in total. The predicted octanol–water partition coefficient (Wildman–Crippen LogP) is 5.08. The summed E-state index contributed by atoms with van der Waals surface area (Å²) in [5.41, 5.74) is 3.33. The highest BCUT2D eigenvalue weighted by atomic mass is 32.2. The van der Waals surface area contributed by atoms with Crippen molar-refractivity contribution in [1.82, 2.24) is 10.2 Å². The van der Waals surface area contributed by atoms with E-state index in [0.29, 0.717) is 5.69 Å². The fourth-order valence-electron chi connectivity index (χ4n) is 4.20. The van der Waals surface area contributed by atoms with Crippen molar-refractivity contribution in [3.63, 3.8) is 0 Å². The lowest BCUT2D eigenvalue weighted by Gasteiger charge is -2.32. The third-order valence-electron chi connectivity index (χ3n) is 6.85. The largest absolute Gasteiger partial charge is 0.352 e. The predicted molar refractivity (Wildman–Crippen MR) is 156 cm³/mol. The van der Waals surface area contributed by atoms with Crippen LogP contribution in [0.4, 0.5) is 5.69 Å². The molecule has 0 fully saturated rings. The van der Waals surface area contributed by atoms with Gasteiger partial charge in [-0.1, -0.05) is 74.0 Å². The Kier molecular flexibility index (Phi) is 10.3. The van der Waals surface area contributed by atoms with Gasteiger partial charge in [0.1, 0.15) is 12.6 Å². The SMILES string of the molecule is CCc1ccc(N(CC(=O)N(Cc2cccc(C)c2)[C@@H](C)C(=O)N[C@H](C)CC)S(=O)(=O)c2ccccc2)cc1. The van der Waals surface area contributed by atoms with Crippen molar-refractivity contribution in [2.75, 3.05) is 10.8 Å². The minimum atomic E-state index is -4.07. The van der Waals surface area contributed by atoms with E-state index in [9.17, 15) is 18.0 Å². The molecular weight excluding hydrogens is 510 g/mol. The number of nitrogens with one attached hydrogen (secondary N) is 1. The molecule has 0 bridgehead atoms. The van der Waals surface area contributed by atoms with Gasteiger partial charge in [0.25, 0.3) is 10.0 Å². The van der Waals surface area contributed by atoms with Gasteiger partial charge in [0.2, 0.25) is 11.8 Å². The summed E-state index contributed by atoms with van der Waals surface area (Å²) in [4.78, 5) is 28.6. The minimum Gasteiger partial charge on any atom is -0.352 e. The zero-order valence-corrected chi connectivity index (χ0v) is 24.2. The summed E-state index contributed by atoms with van der Waals surface area (Å²) >= 11 is 0. The summed E-state index contributed by atoms with van der Waals surface area (Å²) in [6, 6.07) is 22.1. The van der Waals surface area contributed by atoms with Crippen LogP contribution >= 0.6 is 0 Å². The van der Waals surface area contributed by atoms with E-state index in [2.05, 4.69) is 5.32 Å². The Labute approximate surface area is 232 Å². The molecule has 8 heteroatoms. The first-order valence-electron chi connectivity index (χ1n) is 13.4. The number of hydrogen-bond acceptors (Lipinski definition) is 4. The Morgan fingerprint density at radius 1 is 0.872 bits per heavy atom. The molecule has 0 aliphatic carbocycles. The molecule has 3 aromatic carbocycles. The average Bonchev–Trinajstić information content (AvgIpc) is 2.94. The van der Waals surface area contributed by atoms with E-state index in [1.807, 2.05) is 64.1 Å². The molecule has 39 heavy (non-hydrogen) atoms. The molecule has 0 spiro atoms. The fourth-order valence-corrected chi connectivity index (χ4v) is 5.64. The second-order valence-corrected chi connectivity index (χ2v) is 11.7. The van der Waals surface area contributed by atoms with Crippen LogP contribution in [0.2, 0.25) is 0 Å². The lowest BCUT2D eigenvalue weighted by atomic mass is 10.1. The van der Waals surface area contributed by atoms with Crippen LogP contribution in [-0.4, -0.2) is 43.8 Å². The molecule has 0 aliphatic rings. The third-order valence-corrected chi connectivity index (χ3v) is 8.63. The van der Waals surface area contributed by atoms with Gasteiger partial charge in [0.05, 0.1) is 10.6 Å². The zero-order chi connectivity index (χ0) is 28.6. The molecule has 3 aromatic rings. The van der Waals surface area contributed by atoms with Crippen molar-refractivity contribution in [3.8, 4) is 0 Å². The van der Waals surface area contributed by atoms with Crippen LogP contribution in [0.15, 0.2) is 83.8 Å². The summed E-state index contributed by atoms with van der Waals surface area (Å²) < 4.78 is 28.8. The van der Waals surface area contributed by atoms with Gasteiger partial charge in [0.15, 0.2) is 0 Å². The van der Waals surface area contributed by atoms with E-state index in [-0.39, 0.29) is 23.4 Å². The van der Waals surface area contributed by atoms with Crippen LogP contribution in [0.25, 0.3) is 0 Å². The smallest absolute Gasteiger partial charge is 0.264 e. The number of anilines is 1. The van der Waals surface area contributed by atoms with Gasteiger partial charge >= 0.3 is 0 Å². The maximum Gasteiger partial charge on any atom is 0.264 e. The number of nitrogens with zero attached hydrogens (tertiary/aromatic N) is 2. The van der Waals surface area contributed by atoms with E-state index in [1.165, 1.54) is 17.0 Å². The van der Waals surface area contributed by atoms with Gasteiger partial charge in [-0.05, 0) is 69.0 Å². The Morgan fingerprint density at radius 2 is 1.54 bits per heavy atom. The maximum atomic E-state index is 14.0. The van der Waals surface area contributed by atoms with Crippen molar-refractivity contribution < 1.29 is 18.0 Å². The van der Waals surface area contributed by atoms with Gasteiger partial charge in [-0.25, -0.2) is 8.42 Å². The number of carbonyl (C=O) groups is 2. The molecule has 0 heterocycles. The molecule has 0 aliphatic heterocycles. The first-order valence-corrected chi connectivity index (χ1v) is 14.8.